The highest BCUT2D eigenvalue weighted by Gasteiger charge is 2.02. The highest BCUT2D eigenvalue weighted by Crippen LogP contribution is 2.15. The third kappa shape index (κ3) is 3.18. The van der Waals surface area contributed by atoms with Crippen LogP contribution in [0, 0.1) is 0 Å². The Morgan fingerprint density at radius 2 is 2.28 bits per heavy atom. The minimum atomic E-state index is -0.231. The molecule has 2 rings (SSSR count). The number of aromatic nitrogens is 1. The third-order valence-electron chi connectivity index (χ3n) is 2.32. The topological polar surface area (TPSA) is 75.4 Å². The molecule has 0 bridgehead atoms. The molecule has 0 radical (unpaired) electrons. The van der Waals surface area contributed by atoms with Gasteiger partial charge in [-0.3, -0.25) is 4.79 Å². The number of amides is 1. The fraction of sp³-hybridized carbons (Fsp3) is 0.231. The molecular weight excluding hydrogens is 232 g/mol. The number of nitrogens with one attached hydrogen (secondary N) is 1. The highest BCUT2D eigenvalue weighted by atomic mass is 16.3. The summed E-state index contributed by atoms with van der Waals surface area (Å²) in [5.41, 5.74) is 1.45. The number of hydrogen-bond donors (Lipinski definition) is 2. The number of carbonyl (C=O) groups is 1. The van der Waals surface area contributed by atoms with E-state index in [0.29, 0.717) is 24.4 Å². The zero-order valence-electron chi connectivity index (χ0n) is 9.80. The maximum Gasteiger partial charge on any atom is 0.244 e. The van der Waals surface area contributed by atoms with Gasteiger partial charge < -0.3 is 14.8 Å². The van der Waals surface area contributed by atoms with Crippen molar-refractivity contribution in [3.63, 3.8) is 0 Å². The molecule has 0 atom stereocenters. The van der Waals surface area contributed by atoms with E-state index >= 15 is 0 Å². The summed E-state index contributed by atoms with van der Waals surface area (Å²) >= 11 is 0. The van der Waals surface area contributed by atoms with Crippen molar-refractivity contribution in [1.29, 1.82) is 0 Å². The van der Waals surface area contributed by atoms with Crippen molar-refractivity contribution >= 4 is 23.1 Å². The molecule has 1 amide bonds. The fourth-order valence-corrected chi connectivity index (χ4v) is 1.46. The number of rotatable bonds is 5. The van der Waals surface area contributed by atoms with Gasteiger partial charge in [0, 0.05) is 25.3 Å². The van der Waals surface area contributed by atoms with Crippen LogP contribution < -0.4 is 5.32 Å². The first kappa shape index (κ1) is 12.3. The zero-order valence-corrected chi connectivity index (χ0v) is 9.80. The van der Waals surface area contributed by atoms with E-state index in [4.69, 9.17) is 9.52 Å². The molecule has 2 aromatic rings. The number of fused-ring (bicyclic) bond motifs is 1. The number of nitrogens with zero attached hydrogens (tertiary/aromatic N) is 1. The van der Waals surface area contributed by atoms with Crippen molar-refractivity contribution in [1.82, 2.24) is 10.3 Å². The number of para-hydroxylation sites is 2. The molecule has 5 nitrogen and oxygen atoms in total. The van der Waals surface area contributed by atoms with E-state index in [0.717, 1.165) is 5.52 Å². The standard InChI is InChI=1S/C13H14N2O3/c16-9-3-8-14-12(17)6-7-13-15-10-4-1-2-5-11(10)18-13/h1-2,4-7,16H,3,8-9H2,(H,14,17)/b7-6+. The Bertz CT molecular complexity index is 527. The van der Waals surface area contributed by atoms with Gasteiger partial charge in [-0.05, 0) is 18.6 Å². The quantitative estimate of drug-likeness (QED) is 0.616. The van der Waals surface area contributed by atoms with Crippen molar-refractivity contribution in [2.45, 2.75) is 6.42 Å². The molecule has 0 unspecified atom stereocenters. The van der Waals surface area contributed by atoms with Crippen LogP contribution >= 0.6 is 0 Å². The van der Waals surface area contributed by atoms with Crippen LogP contribution in [0.2, 0.25) is 0 Å². The van der Waals surface area contributed by atoms with E-state index in [1.807, 2.05) is 24.3 Å². The lowest BCUT2D eigenvalue weighted by Crippen LogP contribution is -2.22. The van der Waals surface area contributed by atoms with Crippen molar-refractivity contribution in [2.75, 3.05) is 13.2 Å². The molecular formula is C13H14N2O3. The molecule has 5 heteroatoms. The lowest BCUT2D eigenvalue weighted by atomic mass is 10.3. The maximum absolute atomic E-state index is 11.4. The first-order chi connectivity index (χ1) is 8.79. The van der Waals surface area contributed by atoms with Crippen LogP contribution in [0.4, 0.5) is 0 Å². The average molecular weight is 246 g/mol. The van der Waals surface area contributed by atoms with Gasteiger partial charge in [0.15, 0.2) is 5.58 Å². The summed E-state index contributed by atoms with van der Waals surface area (Å²) in [4.78, 5) is 15.6. The molecule has 0 saturated carbocycles. The van der Waals surface area contributed by atoms with Gasteiger partial charge in [0.2, 0.25) is 11.8 Å². The Morgan fingerprint density at radius 3 is 3.06 bits per heavy atom. The summed E-state index contributed by atoms with van der Waals surface area (Å²) in [6.07, 6.45) is 3.43. The van der Waals surface area contributed by atoms with Crippen LogP contribution in [0.1, 0.15) is 12.3 Å². The van der Waals surface area contributed by atoms with E-state index in [9.17, 15) is 4.79 Å². The van der Waals surface area contributed by atoms with Gasteiger partial charge in [-0.2, -0.15) is 0 Å². The van der Waals surface area contributed by atoms with Gasteiger partial charge in [0.25, 0.3) is 0 Å². The number of carbonyl (C=O) groups excluding carboxylic acids is 1. The van der Waals surface area contributed by atoms with Crippen molar-refractivity contribution in [3.05, 3.63) is 36.2 Å². The Hall–Kier alpha value is -2.14. The SMILES string of the molecule is O=C(/C=C/c1nc2ccccc2o1)NCCCO. The molecule has 1 aromatic carbocycles. The molecule has 18 heavy (non-hydrogen) atoms. The highest BCUT2D eigenvalue weighted by molar-refractivity contribution is 5.91. The summed E-state index contributed by atoms with van der Waals surface area (Å²) in [6.45, 7) is 0.516. The molecule has 1 heterocycles. The van der Waals surface area contributed by atoms with E-state index in [-0.39, 0.29) is 12.5 Å². The molecule has 0 fully saturated rings. The lowest BCUT2D eigenvalue weighted by Gasteiger charge is -1.97. The van der Waals surface area contributed by atoms with Crippen molar-refractivity contribution in [2.24, 2.45) is 0 Å². The van der Waals surface area contributed by atoms with Crippen molar-refractivity contribution in [3.8, 4) is 0 Å². The van der Waals surface area contributed by atoms with E-state index in [1.165, 1.54) is 12.2 Å². The number of hydrogen-bond acceptors (Lipinski definition) is 4. The largest absolute Gasteiger partial charge is 0.437 e. The number of benzene rings is 1. The van der Waals surface area contributed by atoms with Gasteiger partial charge >= 0.3 is 0 Å². The van der Waals surface area contributed by atoms with E-state index in [2.05, 4.69) is 10.3 Å². The first-order valence-electron chi connectivity index (χ1n) is 5.72. The number of aliphatic hydroxyl groups excluding tert-OH is 1. The van der Waals surface area contributed by atoms with Gasteiger partial charge in [0.05, 0.1) is 0 Å². The smallest absolute Gasteiger partial charge is 0.244 e. The minimum absolute atomic E-state index is 0.0646. The van der Waals surface area contributed by atoms with Gasteiger partial charge in [-0.25, -0.2) is 4.98 Å². The summed E-state index contributed by atoms with van der Waals surface area (Å²) < 4.78 is 5.43. The van der Waals surface area contributed by atoms with E-state index in [1.54, 1.807) is 0 Å². The van der Waals surface area contributed by atoms with Gasteiger partial charge in [-0.15, -0.1) is 0 Å². The molecule has 2 N–H and O–H groups in total. The normalized spacial score (nSPS) is 11.2. The fourth-order valence-electron chi connectivity index (χ4n) is 1.46. The molecule has 94 valence electrons. The van der Waals surface area contributed by atoms with Gasteiger partial charge in [-0.1, -0.05) is 12.1 Å². The Balaban J connectivity index is 1.98. The Kier molecular flexibility index (Phi) is 4.09. The van der Waals surface area contributed by atoms with Crippen LogP contribution in [-0.2, 0) is 4.79 Å². The van der Waals surface area contributed by atoms with Crippen LogP contribution in [-0.4, -0.2) is 29.1 Å². The van der Waals surface area contributed by atoms with Crippen LogP contribution in [0.3, 0.4) is 0 Å². The summed E-state index contributed by atoms with van der Waals surface area (Å²) in [5, 5.41) is 11.2. The Morgan fingerprint density at radius 1 is 1.44 bits per heavy atom. The zero-order chi connectivity index (χ0) is 12.8. The van der Waals surface area contributed by atoms with Crippen LogP contribution in [0.15, 0.2) is 34.8 Å². The summed E-state index contributed by atoms with van der Waals surface area (Å²) in [5.74, 6) is 0.166. The molecule has 0 saturated heterocycles. The number of aliphatic hydroxyl groups is 1. The van der Waals surface area contributed by atoms with Crippen LogP contribution in [0.5, 0.6) is 0 Å². The Labute approximate surface area is 104 Å². The average Bonchev–Trinajstić information content (AvgIpc) is 2.79. The second kappa shape index (κ2) is 5.97. The molecule has 0 aliphatic rings. The second-order valence-corrected chi connectivity index (χ2v) is 3.72. The molecule has 0 aliphatic carbocycles. The van der Waals surface area contributed by atoms with Crippen molar-refractivity contribution < 1.29 is 14.3 Å². The minimum Gasteiger partial charge on any atom is -0.437 e. The van der Waals surface area contributed by atoms with Crippen LogP contribution in [0.25, 0.3) is 17.2 Å². The predicted octanol–water partition coefficient (Wildman–Crippen LogP) is 1.34. The second-order valence-electron chi connectivity index (χ2n) is 3.72. The third-order valence-corrected chi connectivity index (χ3v) is 2.32. The molecule has 1 aromatic heterocycles. The van der Waals surface area contributed by atoms with E-state index < -0.39 is 0 Å². The summed E-state index contributed by atoms with van der Waals surface area (Å²) in [6, 6.07) is 7.40. The maximum atomic E-state index is 11.4. The first-order valence-corrected chi connectivity index (χ1v) is 5.72. The summed E-state index contributed by atoms with van der Waals surface area (Å²) in [7, 11) is 0. The monoisotopic (exact) mass is 246 g/mol. The predicted molar refractivity (Wildman–Crippen MR) is 67.8 cm³/mol. The number of oxazole rings is 1. The molecule has 0 aliphatic heterocycles. The lowest BCUT2D eigenvalue weighted by molar-refractivity contribution is -0.116. The molecule has 0 spiro atoms. The van der Waals surface area contributed by atoms with Gasteiger partial charge in [0.1, 0.15) is 5.52 Å².